The number of carbonyl (C=O) groups excluding carboxylic acids is 1. The maximum Gasteiger partial charge on any atom is 0.306 e. The van der Waals surface area contributed by atoms with Crippen molar-refractivity contribution in [3.8, 4) is 0 Å². The number of carbonyl (C=O) groups is 1. The van der Waals surface area contributed by atoms with E-state index in [2.05, 4.69) is 98.9 Å². The van der Waals surface area contributed by atoms with Crippen molar-refractivity contribution in [1.29, 1.82) is 0 Å². The highest BCUT2D eigenvalue weighted by atomic mass is 16.7. The topological polar surface area (TPSA) is 135 Å². The van der Waals surface area contributed by atoms with Gasteiger partial charge in [0.05, 0.1) is 19.8 Å². The van der Waals surface area contributed by atoms with Crippen LogP contribution in [0.15, 0.2) is 97.2 Å². The second-order valence-corrected chi connectivity index (χ2v) is 18.3. The van der Waals surface area contributed by atoms with Gasteiger partial charge in [-0.3, -0.25) is 4.79 Å². The number of unbranched alkanes of at least 4 members (excludes halogenated alkanes) is 19. The number of aliphatic hydroxyl groups is 4. The average Bonchev–Trinajstić information content (AvgIpc) is 3.34. The Labute approximate surface area is 415 Å². The molecule has 6 atom stereocenters. The van der Waals surface area contributed by atoms with Gasteiger partial charge in [0.15, 0.2) is 6.29 Å². The molecule has 1 aliphatic rings. The van der Waals surface area contributed by atoms with Crippen molar-refractivity contribution in [3.63, 3.8) is 0 Å². The van der Waals surface area contributed by atoms with Gasteiger partial charge in [-0.2, -0.15) is 0 Å². The molecular weight excluding hydrogens is 853 g/mol. The molecule has 1 heterocycles. The first-order chi connectivity index (χ1) is 33.4. The number of rotatable bonds is 46. The lowest BCUT2D eigenvalue weighted by Gasteiger charge is -2.39. The molecule has 9 heteroatoms. The Morgan fingerprint density at radius 1 is 0.485 bits per heavy atom. The molecule has 0 spiro atoms. The Morgan fingerprint density at radius 2 is 0.897 bits per heavy atom. The van der Waals surface area contributed by atoms with E-state index in [4.69, 9.17) is 18.9 Å². The van der Waals surface area contributed by atoms with Crippen LogP contribution in [0.1, 0.15) is 206 Å². The normalized spacial score (nSPS) is 19.9. The third-order valence-corrected chi connectivity index (χ3v) is 12.0. The molecule has 1 rings (SSSR count). The minimum Gasteiger partial charge on any atom is -0.457 e. The molecular formula is C59H100O9. The quantitative estimate of drug-likeness (QED) is 0.0267. The highest BCUT2D eigenvalue weighted by Crippen LogP contribution is 2.22. The standard InChI is InChI=1S/C59H100O9/c1-3-5-7-9-11-13-15-17-19-21-23-24-25-26-27-28-29-31-33-35-37-39-41-43-45-47-49-65-51-53(52-66-59-58(64)57(63)56(62)54(50-60)68-59)67-55(61)48-46-44-42-40-38-36-34-32-30-22-20-18-16-14-12-10-8-6-4-2/h6,8,12,14-15,17-18,20-21,23,30,32,36,38,42,44,53-54,56-60,62-64H,3-5,7,9-11,13,16,19,22,24-29,31,33-35,37,39-41,43,45-52H2,1-2H3/b8-6-,14-12-,17-15-,20-18-,23-21-,32-30-,38-36-,44-42-. The zero-order valence-electron chi connectivity index (χ0n) is 43.1. The van der Waals surface area contributed by atoms with Gasteiger partial charge in [-0.25, -0.2) is 0 Å². The minimum absolute atomic E-state index is 0.109. The van der Waals surface area contributed by atoms with Crippen LogP contribution in [0.5, 0.6) is 0 Å². The second-order valence-electron chi connectivity index (χ2n) is 18.3. The van der Waals surface area contributed by atoms with Crippen molar-refractivity contribution in [3.05, 3.63) is 97.2 Å². The van der Waals surface area contributed by atoms with Crippen LogP contribution < -0.4 is 0 Å². The first-order valence-electron chi connectivity index (χ1n) is 27.3. The monoisotopic (exact) mass is 953 g/mol. The van der Waals surface area contributed by atoms with Crippen molar-refractivity contribution >= 4 is 5.97 Å². The van der Waals surface area contributed by atoms with Gasteiger partial charge >= 0.3 is 5.97 Å². The molecule has 68 heavy (non-hydrogen) atoms. The van der Waals surface area contributed by atoms with E-state index < -0.39 is 49.4 Å². The van der Waals surface area contributed by atoms with E-state index in [-0.39, 0.29) is 19.6 Å². The Hall–Kier alpha value is -2.89. The smallest absolute Gasteiger partial charge is 0.306 e. The Morgan fingerprint density at radius 3 is 1.35 bits per heavy atom. The lowest BCUT2D eigenvalue weighted by molar-refractivity contribution is -0.305. The molecule has 0 amide bonds. The highest BCUT2D eigenvalue weighted by molar-refractivity contribution is 5.69. The molecule has 0 radical (unpaired) electrons. The molecule has 0 bridgehead atoms. The fourth-order valence-corrected chi connectivity index (χ4v) is 7.78. The molecule has 4 N–H and O–H groups in total. The maximum absolute atomic E-state index is 12.8. The zero-order chi connectivity index (χ0) is 49.2. The minimum atomic E-state index is -1.56. The van der Waals surface area contributed by atoms with Crippen LogP contribution in [0, 0.1) is 0 Å². The number of aliphatic hydroxyl groups excluding tert-OH is 4. The Kier molecular flexibility index (Phi) is 45.6. The van der Waals surface area contributed by atoms with Gasteiger partial charge in [0, 0.05) is 13.0 Å². The molecule has 1 aliphatic heterocycles. The van der Waals surface area contributed by atoms with Gasteiger partial charge in [-0.1, -0.05) is 214 Å². The molecule has 1 saturated heterocycles. The van der Waals surface area contributed by atoms with Crippen LogP contribution in [0.2, 0.25) is 0 Å². The molecule has 0 aromatic carbocycles. The van der Waals surface area contributed by atoms with Gasteiger partial charge in [0.2, 0.25) is 0 Å². The van der Waals surface area contributed by atoms with Crippen LogP contribution in [-0.2, 0) is 23.7 Å². The van der Waals surface area contributed by atoms with Crippen molar-refractivity contribution < 1.29 is 44.2 Å². The fraction of sp³-hybridized carbons (Fsp3) is 0.712. The van der Waals surface area contributed by atoms with Crippen LogP contribution in [0.3, 0.4) is 0 Å². The van der Waals surface area contributed by atoms with Gasteiger partial charge in [-0.05, 0) is 83.5 Å². The van der Waals surface area contributed by atoms with Crippen molar-refractivity contribution in [2.45, 2.75) is 243 Å². The predicted octanol–water partition coefficient (Wildman–Crippen LogP) is 13.9. The van der Waals surface area contributed by atoms with Gasteiger partial charge in [-0.15, -0.1) is 0 Å². The first-order valence-corrected chi connectivity index (χ1v) is 27.3. The molecule has 390 valence electrons. The third-order valence-electron chi connectivity index (χ3n) is 12.0. The molecule has 0 aromatic heterocycles. The number of ether oxygens (including phenoxy) is 4. The average molecular weight is 953 g/mol. The number of esters is 1. The summed E-state index contributed by atoms with van der Waals surface area (Å²) in [4.78, 5) is 12.8. The van der Waals surface area contributed by atoms with E-state index in [1.54, 1.807) is 0 Å². The Bertz CT molecular complexity index is 1360. The summed E-state index contributed by atoms with van der Waals surface area (Å²) in [6.45, 7) is 4.34. The zero-order valence-corrected chi connectivity index (χ0v) is 43.1. The molecule has 0 saturated carbocycles. The summed E-state index contributed by atoms with van der Waals surface area (Å²) in [5.41, 5.74) is 0. The van der Waals surface area contributed by atoms with E-state index in [0.29, 0.717) is 13.0 Å². The third kappa shape index (κ3) is 38.9. The maximum atomic E-state index is 12.8. The van der Waals surface area contributed by atoms with Crippen LogP contribution in [0.25, 0.3) is 0 Å². The van der Waals surface area contributed by atoms with Gasteiger partial charge in [0.1, 0.15) is 30.5 Å². The summed E-state index contributed by atoms with van der Waals surface area (Å²) in [5.74, 6) is -0.396. The summed E-state index contributed by atoms with van der Waals surface area (Å²) < 4.78 is 22.8. The fourth-order valence-electron chi connectivity index (χ4n) is 7.78. The second kappa shape index (κ2) is 49.1. The predicted molar refractivity (Wildman–Crippen MR) is 283 cm³/mol. The molecule has 0 aliphatic carbocycles. The lowest BCUT2D eigenvalue weighted by Crippen LogP contribution is -2.59. The van der Waals surface area contributed by atoms with E-state index in [1.807, 2.05) is 12.2 Å². The van der Waals surface area contributed by atoms with E-state index in [1.165, 1.54) is 122 Å². The van der Waals surface area contributed by atoms with Crippen LogP contribution in [-0.4, -0.2) is 89.6 Å². The molecule has 6 unspecified atom stereocenters. The summed E-state index contributed by atoms with van der Waals surface area (Å²) in [6.07, 6.45) is 61.8. The largest absolute Gasteiger partial charge is 0.457 e. The first kappa shape index (κ1) is 63.1. The lowest BCUT2D eigenvalue weighted by atomic mass is 9.99. The summed E-state index contributed by atoms with van der Waals surface area (Å²) in [5, 5.41) is 40.3. The summed E-state index contributed by atoms with van der Waals surface area (Å²) >= 11 is 0. The Balaban J connectivity index is 2.21. The number of hydrogen-bond acceptors (Lipinski definition) is 9. The van der Waals surface area contributed by atoms with Crippen molar-refractivity contribution in [2.75, 3.05) is 26.4 Å². The molecule has 0 aromatic rings. The van der Waals surface area contributed by atoms with Crippen LogP contribution in [0.4, 0.5) is 0 Å². The van der Waals surface area contributed by atoms with Gasteiger partial charge < -0.3 is 39.4 Å². The summed E-state index contributed by atoms with van der Waals surface area (Å²) in [7, 11) is 0. The van der Waals surface area contributed by atoms with E-state index in [9.17, 15) is 25.2 Å². The van der Waals surface area contributed by atoms with E-state index >= 15 is 0 Å². The van der Waals surface area contributed by atoms with Crippen molar-refractivity contribution in [1.82, 2.24) is 0 Å². The SMILES string of the molecule is CC/C=C\C/C=C\C/C=C\C/C=C\C/C=C\C/C=C\CCC(=O)OC(COCCCCCCCCCCCCCCCC/C=C\C/C=C\CCCCCCC)COC1OC(CO)C(O)C(O)C1O. The number of hydrogen-bond donors (Lipinski definition) is 4. The molecule has 9 nitrogen and oxygen atoms in total. The van der Waals surface area contributed by atoms with Crippen LogP contribution >= 0.6 is 0 Å². The summed E-state index contributed by atoms with van der Waals surface area (Å²) in [6, 6.07) is 0. The van der Waals surface area contributed by atoms with Crippen molar-refractivity contribution in [2.24, 2.45) is 0 Å². The molecule has 1 fully saturated rings. The highest BCUT2D eigenvalue weighted by Gasteiger charge is 2.44. The van der Waals surface area contributed by atoms with E-state index in [0.717, 1.165) is 57.8 Å². The number of allylic oxidation sites excluding steroid dienone is 16. The van der Waals surface area contributed by atoms with Gasteiger partial charge in [0.25, 0.3) is 0 Å².